The van der Waals surface area contributed by atoms with Crippen LogP contribution in [-0.4, -0.2) is 25.7 Å². The first-order valence-corrected chi connectivity index (χ1v) is 7.69. The van der Waals surface area contributed by atoms with Crippen LogP contribution in [0.2, 0.25) is 0 Å². The van der Waals surface area contributed by atoms with Crippen molar-refractivity contribution in [3.8, 4) is 0 Å². The van der Waals surface area contributed by atoms with Crippen LogP contribution in [-0.2, 0) is 16.0 Å². The van der Waals surface area contributed by atoms with E-state index < -0.39 is 0 Å². The molecule has 0 saturated carbocycles. The van der Waals surface area contributed by atoms with Crippen molar-refractivity contribution < 1.29 is 9.53 Å². The summed E-state index contributed by atoms with van der Waals surface area (Å²) in [6.45, 7) is 6.59. The predicted molar refractivity (Wildman–Crippen MR) is 80.1 cm³/mol. The van der Waals surface area contributed by atoms with Gasteiger partial charge in [0.2, 0.25) is 5.91 Å². The molecule has 1 amide bonds. The van der Waals surface area contributed by atoms with Crippen molar-refractivity contribution in [1.29, 1.82) is 0 Å². The van der Waals surface area contributed by atoms with Crippen molar-refractivity contribution in [3.63, 3.8) is 0 Å². The lowest BCUT2D eigenvalue weighted by Crippen LogP contribution is -2.40. The number of anilines is 1. The summed E-state index contributed by atoms with van der Waals surface area (Å²) in [6.07, 6.45) is 3.02. The van der Waals surface area contributed by atoms with Crippen molar-refractivity contribution >= 4 is 11.6 Å². The fourth-order valence-corrected chi connectivity index (χ4v) is 3.15. The van der Waals surface area contributed by atoms with E-state index in [0.29, 0.717) is 12.5 Å². The maximum Gasteiger partial charge on any atom is 0.232 e. The summed E-state index contributed by atoms with van der Waals surface area (Å²) in [6, 6.07) is 6.59. The fourth-order valence-electron chi connectivity index (χ4n) is 3.15. The Labute approximate surface area is 120 Å². The van der Waals surface area contributed by atoms with Gasteiger partial charge in [0.05, 0.1) is 12.5 Å². The molecule has 0 N–H and O–H groups in total. The SMILES string of the molecule is CC(C)c1ccc2c(c1)CCCN2C(=O)C1CCOC1. The lowest BCUT2D eigenvalue weighted by molar-refractivity contribution is -0.122. The molecule has 0 aliphatic carbocycles. The molecule has 3 nitrogen and oxygen atoms in total. The van der Waals surface area contributed by atoms with Crippen LogP contribution in [0, 0.1) is 5.92 Å². The van der Waals surface area contributed by atoms with Crippen LogP contribution in [0.15, 0.2) is 18.2 Å². The molecule has 0 spiro atoms. The number of amides is 1. The highest BCUT2D eigenvalue weighted by Crippen LogP contribution is 2.32. The van der Waals surface area contributed by atoms with Crippen LogP contribution in [0.25, 0.3) is 0 Å². The number of hydrogen-bond donors (Lipinski definition) is 0. The Morgan fingerprint density at radius 3 is 2.95 bits per heavy atom. The minimum Gasteiger partial charge on any atom is -0.381 e. The van der Waals surface area contributed by atoms with Gasteiger partial charge in [0.25, 0.3) is 0 Å². The van der Waals surface area contributed by atoms with E-state index in [1.54, 1.807) is 0 Å². The average Bonchev–Trinajstić information content (AvgIpc) is 2.99. The van der Waals surface area contributed by atoms with Gasteiger partial charge in [-0.15, -0.1) is 0 Å². The maximum atomic E-state index is 12.6. The van der Waals surface area contributed by atoms with Gasteiger partial charge < -0.3 is 9.64 Å². The fraction of sp³-hybridized carbons (Fsp3) is 0.588. The largest absolute Gasteiger partial charge is 0.381 e. The Kier molecular flexibility index (Phi) is 3.79. The predicted octanol–water partition coefficient (Wildman–Crippen LogP) is 3.13. The van der Waals surface area contributed by atoms with E-state index in [4.69, 9.17) is 4.74 Å². The molecule has 2 aliphatic heterocycles. The molecule has 1 saturated heterocycles. The molecule has 0 radical (unpaired) electrons. The van der Waals surface area contributed by atoms with Gasteiger partial charge in [0, 0.05) is 18.8 Å². The van der Waals surface area contributed by atoms with Gasteiger partial charge in [-0.2, -0.15) is 0 Å². The number of carbonyl (C=O) groups excluding carboxylic acids is 1. The molecule has 1 atom stereocenters. The summed E-state index contributed by atoms with van der Waals surface area (Å²) in [5.74, 6) is 0.848. The molecule has 3 rings (SSSR count). The van der Waals surface area contributed by atoms with E-state index >= 15 is 0 Å². The van der Waals surface area contributed by atoms with Gasteiger partial charge in [0.15, 0.2) is 0 Å². The number of aryl methyl sites for hydroxylation is 1. The molecule has 2 heterocycles. The van der Waals surface area contributed by atoms with Crippen LogP contribution < -0.4 is 4.90 Å². The molecule has 0 bridgehead atoms. The Balaban J connectivity index is 1.87. The van der Waals surface area contributed by atoms with Crippen LogP contribution >= 0.6 is 0 Å². The van der Waals surface area contributed by atoms with Crippen molar-refractivity contribution in [3.05, 3.63) is 29.3 Å². The Morgan fingerprint density at radius 1 is 1.40 bits per heavy atom. The lowest BCUT2D eigenvalue weighted by Gasteiger charge is -2.31. The molecule has 20 heavy (non-hydrogen) atoms. The van der Waals surface area contributed by atoms with Gasteiger partial charge in [-0.3, -0.25) is 4.79 Å². The number of nitrogens with zero attached hydrogens (tertiary/aromatic N) is 1. The highest BCUT2D eigenvalue weighted by Gasteiger charge is 2.31. The molecule has 2 aliphatic rings. The van der Waals surface area contributed by atoms with Gasteiger partial charge in [-0.1, -0.05) is 26.0 Å². The van der Waals surface area contributed by atoms with Crippen molar-refractivity contribution in [2.45, 2.75) is 39.0 Å². The molecule has 1 fully saturated rings. The van der Waals surface area contributed by atoms with E-state index in [1.807, 2.05) is 4.90 Å². The molecule has 1 aromatic rings. The third-order valence-electron chi connectivity index (χ3n) is 4.43. The second-order valence-corrected chi connectivity index (χ2v) is 6.20. The summed E-state index contributed by atoms with van der Waals surface area (Å²) < 4.78 is 5.36. The average molecular weight is 273 g/mol. The van der Waals surface area contributed by atoms with Gasteiger partial charge in [-0.05, 0) is 42.4 Å². The van der Waals surface area contributed by atoms with Gasteiger partial charge in [0.1, 0.15) is 0 Å². The normalized spacial score (nSPS) is 22.1. The minimum atomic E-state index is 0.0609. The lowest BCUT2D eigenvalue weighted by atomic mass is 9.94. The third-order valence-corrected chi connectivity index (χ3v) is 4.43. The summed E-state index contributed by atoms with van der Waals surface area (Å²) >= 11 is 0. The highest BCUT2D eigenvalue weighted by atomic mass is 16.5. The summed E-state index contributed by atoms with van der Waals surface area (Å²) in [5.41, 5.74) is 3.81. The van der Waals surface area contributed by atoms with Crippen molar-refractivity contribution in [2.24, 2.45) is 5.92 Å². The van der Waals surface area contributed by atoms with Gasteiger partial charge >= 0.3 is 0 Å². The zero-order valence-corrected chi connectivity index (χ0v) is 12.4. The molecular weight excluding hydrogens is 250 g/mol. The number of carbonyl (C=O) groups is 1. The van der Waals surface area contributed by atoms with Crippen LogP contribution in [0.4, 0.5) is 5.69 Å². The van der Waals surface area contributed by atoms with Crippen molar-refractivity contribution in [2.75, 3.05) is 24.7 Å². The highest BCUT2D eigenvalue weighted by molar-refractivity contribution is 5.96. The van der Waals surface area contributed by atoms with E-state index in [0.717, 1.165) is 38.1 Å². The summed E-state index contributed by atoms with van der Waals surface area (Å²) in [5, 5.41) is 0. The van der Waals surface area contributed by atoms with E-state index in [-0.39, 0.29) is 11.8 Å². The van der Waals surface area contributed by atoms with Crippen LogP contribution in [0.5, 0.6) is 0 Å². The molecule has 108 valence electrons. The van der Waals surface area contributed by atoms with E-state index in [1.165, 1.54) is 11.1 Å². The van der Waals surface area contributed by atoms with E-state index in [9.17, 15) is 4.79 Å². The number of rotatable bonds is 2. The molecular formula is C17H23NO2. The van der Waals surface area contributed by atoms with E-state index in [2.05, 4.69) is 32.0 Å². The first-order chi connectivity index (χ1) is 9.66. The third kappa shape index (κ3) is 2.47. The first kappa shape index (κ1) is 13.6. The van der Waals surface area contributed by atoms with Crippen molar-refractivity contribution in [1.82, 2.24) is 0 Å². The number of ether oxygens (including phenoxy) is 1. The topological polar surface area (TPSA) is 29.5 Å². The molecule has 1 unspecified atom stereocenters. The second kappa shape index (κ2) is 5.57. The number of fused-ring (bicyclic) bond motifs is 1. The Bertz CT molecular complexity index is 504. The first-order valence-electron chi connectivity index (χ1n) is 7.69. The summed E-state index contributed by atoms with van der Waals surface area (Å²) in [7, 11) is 0. The minimum absolute atomic E-state index is 0.0609. The number of hydrogen-bond acceptors (Lipinski definition) is 2. The van der Waals surface area contributed by atoms with Crippen LogP contribution in [0.1, 0.15) is 43.7 Å². The second-order valence-electron chi connectivity index (χ2n) is 6.20. The maximum absolute atomic E-state index is 12.6. The molecule has 0 aromatic heterocycles. The zero-order chi connectivity index (χ0) is 14.1. The smallest absolute Gasteiger partial charge is 0.232 e. The van der Waals surface area contributed by atoms with Crippen LogP contribution in [0.3, 0.4) is 0 Å². The summed E-state index contributed by atoms with van der Waals surface area (Å²) in [4.78, 5) is 14.6. The zero-order valence-electron chi connectivity index (χ0n) is 12.4. The quantitative estimate of drug-likeness (QED) is 0.828. The monoisotopic (exact) mass is 273 g/mol. The Morgan fingerprint density at radius 2 is 2.25 bits per heavy atom. The Hall–Kier alpha value is -1.35. The standard InChI is InChI=1S/C17H23NO2/c1-12(2)13-5-6-16-14(10-13)4-3-8-18(16)17(19)15-7-9-20-11-15/h5-6,10,12,15H,3-4,7-9,11H2,1-2H3. The number of benzene rings is 1. The molecule has 1 aromatic carbocycles. The molecule has 3 heteroatoms. The van der Waals surface area contributed by atoms with Gasteiger partial charge in [-0.25, -0.2) is 0 Å².